The summed E-state index contributed by atoms with van der Waals surface area (Å²) in [5.74, 6) is 0.892. The Kier molecular flexibility index (Phi) is 10.3. The van der Waals surface area contributed by atoms with Crippen LogP contribution in [0.4, 0.5) is 9.18 Å². The van der Waals surface area contributed by atoms with E-state index in [1.807, 2.05) is 6.92 Å². The molecule has 0 spiro atoms. The van der Waals surface area contributed by atoms with Gasteiger partial charge in [0.1, 0.15) is 17.5 Å². The molecule has 0 radical (unpaired) electrons. The normalized spacial score (nSPS) is 18.1. The zero-order valence-electron chi connectivity index (χ0n) is 23.4. The van der Waals surface area contributed by atoms with Crippen LogP contribution in [0, 0.1) is 0 Å². The van der Waals surface area contributed by atoms with Crippen LogP contribution >= 0.6 is 0 Å². The highest BCUT2D eigenvalue weighted by Gasteiger charge is 2.33. The molecule has 1 aliphatic rings. The number of nitrogens with one attached hydrogen (secondary N) is 1. The van der Waals surface area contributed by atoms with Crippen molar-refractivity contribution in [1.82, 2.24) is 20.2 Å². The number of halogens is 1. The molecule has 2 aromatic rings. The van der Waals surface area contributed by atoms with Gasteiger partial charge in [-0.2, -0.15) is 0 Å². The van der Waals surface area contributed by atoms with Gasteiger partial charge in [-0.1, -0.05) is 0 Å². The number of carbonyl (C=O) groups is 2. The van der Waals surface area contributed by atoms with Crippen LogP contribution in [0.3, 0.4) is 0 Å². The minimum Gasteiger partial charge on any atom is -0.488 e. The molecule has 1 saturated heterocycles. The quantitative estimate of drug-likeness (QED) is 0.289. The second-order valence-corrected chi connectivity index (χ2v) is 10.1. The van der Waals surface area contributed by atoms with Crippen molar-refractivity contribution in [3.63, 3.8) is 0 Å². The third kappa shape index (κ3) is 8.85. The fourth-order valence-electron chi connectivity index (χ4n) is 3.77. The number of carbonyl (C=O) groups excluding carboxylic acids is 2. The predicted octanol–water partition coefficient (Wildman–Crippen LogP) is 4.48. The van der Waals surface area contributed by atoms with Crippen LogP contribution in [-0.4, -0.2) is 76.9 Å². The van der Waals surface area contributed by atoms with Gasteiger partial charge in [0.25, 0.3) is 5.88 Å². The first-order valence-corrected chi connectivity index (χ1v) is 12.8. The highest BCUT2D eigenvalue weighted by molar-refractivity contribution is 6.02. The number of piperidine rings is 1. The van der Waals surface area contributed by atoms with Crippen LogP contribution in [0.15, 0.2) is 58.5 Å². The molecule has 0 aliphatic carbocycles. The van der Waals surface area contributed by atoms with Gasteiger partial charge in [-0.05, 0) is 59.5 Å². The van der Waals surface area contributed by atoms with E-state index in [2.05, 4.69) is 32.0 Å². The second kappa shape index (κ2) is 13.6. The van der Waals surface area contributed by atoms with Crippen molar-refractivity contribution >= 4 is 24.6 Å². The zero-order chi connectivity index (χ0) is 29.3. The molecule has 11 nitrogen and oxygen atoms in total. The van der Waals surface area contributed by atoms with Crippen molar-refractivity contribution < 1.29 is 28.2 Å². The number of pyridine rings is 2. The minimum absolute atomic E-state index is 0.0841. The molecule has 3 rings (SSSR count). The summed E-state index contributed by atoms with van der Waals surface area (Å²) in [7, 11) is 0. The SMILES string of the molecule is C=NC(=N/C=C(\C)C(=O)N[C@H]1C[C@H](F)CN(C(=O)OC(C)(C)C)C1)c1cncc(Oc2ncccc2OCC)c1. The van der Waals surface area contributed by atoms with Crippen molar-refractivity contribution in [2.45, 2.75) is 58.9 Å². The Morgan fingerprint density at radius 1 is 1.30 bits per heavy atom. The molecule has 40 heavy (non-hydrogen) atoms. The number of alkyl halides is 1. The maximum atomic E-state index is 14.4. The summed E-state index contributed by atoms with van der Waals surface area (Å²) >= 11 is 0. The summed E-state index contributed by atoms with van der Waals surface area (Å²) in [5, 5.41) is 2.77. The molecule has 1 fully saturated rings. The number of aliphatic imine (C=N–C) groups is 2. The monoisotopic (exact) mass is 554 g/mol. The number of aromatic nitrogens is 2. The van der Waals surface area contributed by atoms with Crippen LogP contribution in [0.1, 0.15) is 46.6 Å². The predicted molar refractivity (Wildman–Crippen MR) is 149 cm³/mol. The summed E-state index contributed by atoms with van der Waals surface area (Å²) < 4.78 is 31.1. The van der Waals surface area contributed by atoms with Crippen LogP contribution in [0.25, 0.3) is 0 Å². The van der Waals surface area contributed by atoms with Crippen molar-refractivity contribution in [2.75, 3.05) is 19.7 Å². The first kappa shape index (κ1) is 30.2. The Balaban J connectivity index is 1.68. The van der Waals surface area contributed by atoms with Gasteiger partial charge in [-0.25, -0.2) is 24.2 Å². The summed E-state index contributed by atoms with van der Waals surface area (Å²) in [5.41, 5.74) is 0.0341. The maximum Gasteiger partial charge on any atom is 0.410 e. The molecule has 1 N–H and O–H groups in total. The third-order valence-electron chi connectivity index (χ3n) is 5.50. The van der Waals surface area contributed by atoms with Gasteiger partial charge in [0.2, 0.25) is 5.91 Å². The number of amides is 2. The van der Waals surface area contributed by atoms with Gasteiger partial charge in [-0.15, -0.1) is 0 Å². The van der Waals surface area contributed by atoms with Crippen LogP contribution in [0.2, 0.25) is 0 Å². The number of ether oxygens (including phenoxy) is 3. The van der Waals surface area contributed by atoms with E-state index in [1.54, 1.807) is 52.1 Å². The average Bonchev–Trinajstić information content (AvgIpc) is 2.89. The van der Waals surface area contributed by atoms with Crippen molar-refractivity contribution in [2.24, 2.45) is 9.98 Å². The lowest BCUT2D eigenvalue weighted by molar-refractivity contribution is -0.118. The van der Waals surface area contributed by atoms with Crippen LogP contribution < -0.4 is 14.8 Å². The van der Waals surface area contributed by atoms with Crippen LogP contribution in [0.5, 0.6) is 17.4 Å². The van der Waals surface area contributed by atoms with Crippen molar-refractivity contribution in [3.8, 4) is 17.4 Å². The first-order valence-electron chi connectivity index (χ1n) is 12.8. The molecule has 2 amide bonds. The van der Waals surface area contributed by atoms with E-state index >= 15 is 0 Å². The lowest BCUT2D eigenvalue weighted by Gasteiger charge is -2.36. The molecule has 1 aliphatic heterocycles. The molecule has 12 heteroatoms. The van der Waals surface area contributed by atoms with Gasteiger partial charge in [0.15, 0.2) is 11.6 Å². The summed E-state index contributed by atoms with van der Waals surface area (Å²) in [6.07, 6.45) is 4.13. The molecule has 214 valence electrons. The third-order valence-corrected chi connectivity index (χ3v) is 5.50. The highest BCUT2D eigenvalue weighted by Crippen LogP contribution is 2.29. The molecular weight excluding hydrogens is 519 g/mol. The van der Waals surface area contributed by atoms with E-state index in [4.69, 9.17) is 14.2 Å². The standard InChI is InChI=1S/C28H35FN6O5/c1-7-38-23-9-8-10-32-26(23)39-22-11-19(14-31-15-22)24(30-6)33-13-18(2)25(36)34-21-12-20(29)16-35(17-21)27(37)40-28(3,4)5/h8-11,13-15,20-21H,6-7,12,16-17H2,1-5H3,(H,34,36)/b18-13+,33-24?/t20-,21-/m0/s1. The van der Waals surface area contributed by atoms with E-state index < -0.39 is 29.8 Å². The fraction of sp³-hybridized carbons (Fsp3) is 0.429. The van der Waals surface area contributed by atoms with Gasteiger partial charge < -0.3 is 24.4 Å². The maximum absolute atomic E-state index is 14.4. The number of nitrogens with zero attached hydrogens (tertiary/aromatic N) is 5. The average molecular weight is 555 g/mol. The van der Waals surface area contributed by atoms with Gasteiger partial charge in [-0.3, -0.25) is 9.78 Å². The van der Waals surface area contributed by atoms with Gasteiger partial charge in [0.05, 0.1) is 19.3 Å². The number of rotatable bonds is 8. The first-order chi connectivity index (χ1) is 19.0. The van der Waals surface area contributed by atoms with E-state index in [-0.39, 0.29) is 36.8 Å². The van der Waals surface area contributed by atoms with Crippen molar-refractivity contribution in [1.29, 1.82) is 0 Å². The largest absolute Gasteiger partial charge is 0.488 e. The number of amidine groups is 1. The molecule has 0 saturated carbocycles. The molecule has 2 aromatic heterocycles. The number of hydrogen-bond acceptors (Lipinski definition) is 8. The Morgan fingerprint density at radius 3 is 2.77 bits per heavy atom. The lowest BCUT2D eigenvalue weighted by Crippen LogP contribution is -2.54. The van der Waals surface area contributed by atoms with E-state index in [9.17, 15) is 14.0 Å². The van der Waals surface area contributed by atoms with E-state index in [1.165, 1.54) is 23.5 Å². The minimum atomic E-state index is -1.29. The van der Waals surface area contributed by atoms with Gasteiger partial charge in [0, 0.05) is 48.7 Å². The van der Waals surface area contributed by atoms with Crippen LogP contribution in [-0.2, 0) is 9.53 Å². The molecule has 3 heterocycles. The molecule has 0 bridgehead atoms. The second-order valence-electron chi connectivity index (χ2n) is 10.1. The van der Waals surface area contributed by atoms with Crippen molar-refractivity contribution in [3.05, 3.63) is 54.1 Å². The van der Waals surface area contributed by atoms with Gasteiger partial charge >= 0.3 is 6.09 Å². The van der Waals surface area contributed by atoms with E-state index in [0.29, 0.717) is 23.7 Å². The number of likely N-dealkylation sites (tertiary alicyclic amines) is 1. The fourth-order valence-corrected chi connectivity index (χ4v) is 3.77. The Bertz CT molecular complexity index is 1280. The lowest BCUT2D eigenvalue weighted by atomic mass is 10.0. The molecule has 2 atom stereocenters. The molecule has 0 aromatic carbocycles. The smallest absolute Gasteiger partial charge is 0.410 e. The summed E-state index contributed by atoms with van der Waals surface area (Å²) in [4.78, 5) is 43.1. The van der Waals surface area contributed by atoms with E-state index in [0.717, 1.165) is 0 Å². The Morgan fingerprint density at radius 2 is 2.08 bits per heavy atom. The molecule has 0 unspecified atom stereocenters. The zero-order valence-corrected chi connectivity index (χ0v) is 23.4. The number of hydrogen-bond donors (Lipinski definition) is 1. The summed E-state index contributed by atoms with van der Waals surface area (Å²) in [6.45, 7) is 12.7. The Labute approximate surface area is 233 Å². The topological polar surface area (TPSA) is 128 Å². The Hall–Kier alpha value is -4.35. The molecular formula is C28H35FN6O5. The highest BCUT2D eigenvalue weighted by atomic mass is 19.1. The summed E-state index contributed by atoms with van der Waals surface area (Å²) in [6, 6.07) is 4.56.